The number of rotatable bonds is 6. The second-order valence-corrected chi connectivity index (χ2v) is 5.63. The predicted molar refractivity (Wildman–Crippen MR) is 95.1 cm³/mol. The number of aryl methyl sites for hydroxylation is 1. The zero-order valence-corrected chi connectivity index (χ0v) is 14.8. The number of esters is 1. The van der Waals surface area contributed by atoms with Crippen molar-refractivity contribution in [2.24, 2.45) is 0 Å². The van der Waals surface area contributed by atoms with E-state index in [-0.39, 0.29) is 17.6 Å². The van der Waals surface area contributed by atoms with Gasteiger partial charge in [0.25, 0.3) is 5.91 Å². The summed E-state index contributed by atoms with van der Waals surface area (Å²) in [4.78, 5) is 32.6. The Balaban J connectivity index is 2.30. The molecule has 7 heteroatoms. The van der Waals surface area contributed by atoms with Gasteiger partial charge < -0.3 is 15.4 Å². The van der Waals surface area contributed by atoms with Crippen LogP contribution in [0.25, 0.3) is 0 Å². The van der Waals surface area contributed by atoms with E-state index in [4.69, 9.17) is 4.74 Å². The standard InChI is InChI=1S/C18H22N4O3/c1-5-11(2)19-17(23)15-10-16(21-12(3)20-15)22-14-9-7-6-8-13(14)18(24)25-4/h6-11H,5H2,1-4H3,(H,19,23)(H,20,21,22). The molecule has 1 amide bonds. The highest BCUT2D eigenvalue weighted by Crippen LogP contribution is 2.21. The Kier molecular flexibility index (Phi) is 6.05. The fourth-order valence-corrected chi connectivity index (χ4v) is 2.17. The van der Waals surface area contributed by atoms with Gasteiger partial charge in [0.15, 0.2) is 0 Å². The molecule has 25 heavy (non-hydrogen) atoms. The van der Waals surface area contributed by atoms with E-state index in [1.165, 1.54) is 7.11 Å². The summed E-state index contributed by atoms with van der Waals surface area (Å²) in [6, 6.07) is 8.53. The molecule has 0 aliphatic carbocycles. The van der Waals surface area contributed by atoms with Crippen molar-refractivity contribution < 1.29 is 14.3 Å². The summed E-state index contributed by atoms with van der Waals surface area (Å²) in [5, 5.41) is 5.93. The van der Waals surface area contributed by atoms with Gasteiger partial charge in [-0.05, 0) is 32.4 Å². The van der Waals surface area contributed by atoms with Gasteiger partial charge >= 0.3 is 5.97 Å². The largest absolute Gasteiger partial charge is 0.465 e. The number of nitrogens with one attached hydrogen (secondary N) is 2. The predicted octanol–water partition coefficient (Wildman–Crippen LogP) is 2.84. The van der Waals surface area contributed by atoms with Gasteiger partial charge in [-0.25, -0.2) is 14.8 Å². The topological polar surface area (TPSA) is 93.2 Å². The zero-order chi connectivity index (χ0) is 18.4. The number of amides is 1. The van der Waals surface area contributed by atoms with E-state index >= 15 is 0 Å². The van der Waals surface area contributed by atoms with Gasteiger partial charge in [-0.1, -0.05) is 19.1 Å². The fraction of sp³-hybridized carbons (Fsp3) is 0.333. The van der Waals surface area contributed by atoms with E-state index in [2.05, 4.69) is 20.6 Å². The second-order valence-electron chi connectivity index (χ2n) is 5.63. The molecule has 1 aromatic heterocycles. The molecule has 7 nitrogen and oxygen atoms in total. The number of nitrogens with zero attached hydrogens (tertiary/aromatic N) is 2. The lowest BCUT2D eigenvalue weighted by Crippen LogP contribution is -2.32. The Morgan fingerprint density at radius 1 is 1.24 bits per heavy atom. The SMILES string of the molecule is CCC(C)NC(=O)c1cc(Nc2ccccc2C(=O)OC)nc(C)n1. The summed E-state index contributed by atoms with van der Waals surface area (Å²) in [7, 11) is 1.32. The number of hydrogen-bond donors (Lipinski definition) is 2. The van der Waals surface area contributed by atoms with Crippen molar-refractivity contribution in [3.05, 3.63) is 47.4 Å². The van der Waals surface area contributed by atoms with E-state index in [1.54, 1.807) is 37.3 Å². The molecule has 2 rings (SSSR count). The van der Waals surface area contributed by atoms with Gasteiger partial charge in [0.1, 0.15) is 17.3 Å². The van der Waals surface area contributed by atoms with Crippen molar-refractivity contribution in [1.29, 1.82) is 0 Å². The Bertz CT molecular complexity index is 777. The summed E-state index contributed by atoms with van der Waals surface area (Å²) < 4.78 is 4.78. The summed E-state index contributed by atoms with van der Waals surface area (Å²) in [6.07, 6.45) is 0.827. The van der Waals surface area contributed by atoms with Crippen molar-refractivity contribution in [2.45, 2.75) is 33.2 Å². The van der Waals surface area contributed by atoms with E-state index in [9.17, 15) is 9.59 Å². The van der Waals surface area contributed by atoms with Crippen LogP contribution in [0.5, 0.6) is 0 Å². The smallest absolute Gasteiger partial charge is 0.339 e. The summed E-state index contributed by atoms with van der Waals surface area (Å²) in [6.45, 7) is 5.63. The molecule has 0 aliphatic heterocycles. The van der Waals surface area contributed by atoms with E-state index in [1.807, 2.05) is 13.8 Å². The molecule has 0 radical (unpaired) electrons. The van der Waals surface area contributed by atoms with Gasteiger partial charge in [0.2, 0.25) is 0 Å². The van der Waals surface area contributed by atoms with E-state index in [0.29, 0.717) is 22.9 Å². The minimum Gasteiger partial charge on any atom is -0.465 e. The normalized spacial score (nSPS) is 11.5. The molecular weight excluding hydrogens is 320 g/mol. The maximum absolute atomic E-state index is 12.3. The molecular formula is C18H22N4O3. The van der Waals surface area contributed by atoms with Crippen LogP contribution in [0.1, 0.15) is 46.9 Å². The highest BCUT2D eigenvalue weighted by atomic mass is 16.5. The van der Waals surface area contributed by atoms with Crippen molar-refractivity contribution >= 4 is 23.4 Å². The lowest BCUT2D eigenvalue weighted by Gasteiger charge is -2.13. The maximum atomic E-state index is 12.3. The molecule has 1 unspecified atom stereocenters. The summed E-state index contributed by atoms with van der Waals surface area (Å²) in [5.41, 5.74) is 1.19. The summed E-state index contributed by atoms with van der Waals surface area (Å²) >= 11 is 0. The second kappa shape index (κ2) is 8.23. The highest BCUT2D eigenvalue weighted by Gasteiger charge is 2.15. The Morgan fingerprint density at radius 3 is 2.64 bits per heavy atom. The van der Waals surface area contributed by atoms with E-state index in [0.717, 1.165) is 6.42 Å². The molecule has 1 atom stereocenters. The fourth-order valence-electron chi connectivity index (χ4n) is 2.17. The number of methoxy groups -OCH3 is 1. The van der Waals surface area contributed by atoms with Gasteiger partial charge in [-0.2, -0.15) is 0 Å². The van der Waals surface area contributed by atoms with Crippen molar-refractivity contribution in [3.8, 4) is 0 Å². The number of para-hydroxylation sites is 1. The number of ether oxygens (including phenoxy) is 1. The number of hydrogen-bond acceptors (Lipinski definition) is 6. The van der Waals surface area contributed by atoms with Gasteiger partial charge in [-0.3, -0.25) is 4.79 Å². The lowest BCUT2D eigenvalue weighted by molar-refractivity contribution is 0.0601. The van der Waals surface area contributed by atoms with Gasteiger partial charge in [0, 0.05) is 12.1 Å². The Hall–Kier alpha value is -2.96. The monoisotopic (exact) mass is 342 g/mol. The molecule has 132 valence electrons. The van der Waals surface area contributed by atoms with Crippen molar-refractivity contribution in [3.63, 3.8) is 0 Å². The zero-order valence-electron chi connectivity index (χ0n) is 14.8. The third-order valence-electron chi connectivity index (χ3n) is 3.66. The van der Waals surface area contributed by atoms with Crippen LogP contribution in [-0.2, 0) is 4.74 Å². The minimum atomic E-state index is -0.455. The number of aromatic nitrogens is 2. The van der Waals surface area contributed by atoms with Crippen LogP contribution < -0.4 is 10.6 Å². The molecule has 0 saturated heterocycles. The van der Waals surface area contributed by atoms with Crippen LogP contribution in [0.4, 0.5) is 11.5 Å². The number of carbonyl (C=O) groups excluding carboxylic acids is 2. The quantitative estimate of drug-likeness (QED) is 0.784. The first-order chi connectivity index (χ1) is 11.9. The van der Waals surface area contributed by atoms with Crippen LogP contribution >= 0.6 is 0 Å². The molecule has 0 fully saturated rings. The third-order valence-corrected chi connectivity index (χ3v) is 3.66. The highest BCUT2D eigenvalue weighted by molar-refractivity contribution is 5.97. The molecule has 0 saturated carbocycles. The Morgan fingerprint density at radius 2 is 1.96 bits per heavy atom. The lowest BCUT2D eigenvalue weighted by atomic mass is 10.2. The van der Waals surface area contributed by atoms with E-state index < -0.39 is 5.97 Å². The first-order valence-electron chi connectivity index (χ1n) is 8.05. The molecule has 2 aromatic rings. The molecule has 0 spiro atoms. The van der Waals surface area contributed by atoms with Crippen LogP contribution in [-0.4, -0.2) is 35.0 Å². The number of anilines is 2. The van der Waals surface area contributed by atoms with Crippen LogP contribution in [0, 0.1) is 6.92 Å². The van der Waals surface area contributed by atoms with Gasteiger partial charge in [-0.15, -0.1) is 0 Å². The Labute approximate surface area is 146 Å². The number of benzene rings is 1. The van der Waals surface area contributed by atoms with Crippen LogP contribution in [0.15, 0.2) is 30.3 Å². The average Bonchev–Trinajstić information content (AvgIpc) is 2.60. The molecule has 1 heterocycles. The molecule has 0 bridgehead atoms. The minimum absolute atomic E-state index is 0.0548. The first-order valence-corrected chi connectivity index (χ1v) is 8.05. The summed E-state index contributed by atoms with van der Waals surface area (Å²) in [5.74, 6) is 0.167. The molecule has 0 aliphatic rings. The third kappa shape index (κ3) is 4.76. The van der Waals surface area contributed by atoms with Crippen molar-refractivity contribution in [1.82, 2.24) is 15.3 Å². The average molecular weight is 342 g/mol. The number of carbonyl (C=O) groups is 2. The first kappa shape index (κ1) is 18.4. The van der Waals surface area contributed by atoms with Gasteiger partial charge in [0.05, 0.1) is 18.4 Å². The van der Waals surface area contributed by atoms with Crippen LogP contribution in [0.3, 0.4) is 0 Å². The van der Waals surface area contributed by atoms with Crippen molar-refractivity contribution in [2.75, 3.05) is 12.4 Å². The maximum Gasteiger partial charge on any atom is 0.339 e. The molecule has 2 N–H and O–H groups in total. The van der Waals surface area contributed by atoms with Crippen LogP contribution in [0.2, 0.25) is 0 Å². The molecule has 1 aromatic carbocycles.